The van der Waals surface area contributed by atoms with Crippen molar-refractivity contribution in [2.45, 2.75) is 26.2 Å². The van der Waals surface area contributed by atoms with Crippen LogP contribution in [0.5, 0.6) is 0 Å². The van der Waals surface area contributed by atoms with Gasteiger partial charge in [0.05, 0.1) is 5.71 Å². The van der Waals surface area contributed by atoms with E-state index >= 15 is 0 Å². The molecule has 3 nitrogen and oxygen atoms in total. The molecule has 1 aliphatic rings. The highest BCUT2D eigenvalue weighted by Gasteiger charge is 2.10. The van der Waals surface area contributed by atoms with Gasteiger partial charge >= 0.3 is 0 Å². The monoisotopic (exact) mass is 218 g/mol. The Morgan fingerprint density at radius 3 is 2.31 bits per heavy atom. The summed E-state index contributed by atoms with van der Waals surface area (Å²) in [5.41, 5.74) is 2.91. The van der Waals surface area contributed by atoms with Gasteiger partial charge in [0.25, 0.3) is 0 Å². The SMILES string of the molecule is CC(=NO)c1ccc(N2CCCCC2)cc1. The van der Waals surface area contributed by atoms with Gasteiger partial charge in [-0.2, -0.15) is 0 Å². The molecule has 0 spiro atoms. The lowest BCUT2D eigenvalue weighted by atomic mass is 10.1. The van der Waals surface area contributed by atoms with E-state index in [2.05, 4.69) is 22.2 Å². The molecule has 1 aromatic rings. The third kappa shape index (κ3) is 2.35. The maximum Gasteiger partial charge on any atom is 0.0836 e. The molecule has 1 heterocycles. The summed E-state index contributed by atoms with van der Waals surface area (Å²) in [6.45, 7) is 4.12. The average Bonchev–Trinajstić information content (AvgIpc) is 2.39. The largest absolute Gasteiger partial charge is 0.411 e. The highest BCUT2D eigenvalue weighted by molar-refractivity contribution is 5.98. The zero-order valence-corrected chi connectivity index (χ0v) is 9.69. The molecule has 1 N–H and O–H groups in total. The second-order valence-electron chi connectivity index (χ2n) is 4.28. The molecule has 1 aromatic carbocycles. The summed E-state index contributed by atoms with van der Waals surface area (Å²) in [5, 5.41) is 11.9. The highest BCUT2D eigenvalue weighted by atomic mass is 16.4. The summed E-state index contributed by atoms with van der Waals surface area (Å²) in [7, 11) is 0. The van der Waals surface area contributed by atoms with Crippen LogP contribution in [0.2, 0.25) is 0 Å². The summed E-state index contributed by atoms with van der Waals surface area (Å²) in [5.74, 6) is 0. The number of anilines is 1. The molecule has 0 bridgehead atoms. The van der Waals surface area contributed by atoms with Crippen molar-refractivity contribution in [2.75, 3.05) is 18.0 Å². The van der Waals surface area contributed by atoms with Crippen LogP contribution in [-0.4, -0.2) is 24.0 Å². The number of oxime groups is 1. The fourth-order valence-electron chi connectivity index (χ4n) is 2.12. The topological polar surface area (TPSA) is 35.8 Å². The first-order valence-corrected chi connectivity index (χ1v) is 5.85. The van der Waals surface area contributed by atoms with Gasteiger partial charge in [-0.3, -0.25) is 0 Å². The number of hydrogen-bond donors (Lipinski definition) is 1. The predicted molar refractivity (Wildman–Crippen MR) is 66.5 cm³/mol. The van der Waals surface area contributed by atoms with Gasteiger partial charge in [-0.1, -0.05) is 17.3 Å². The Hall–Kier alpha value is -1.51. The molecule has 86 valence electrons. The smallest absolute Gasteiger partial charge is 0.0836 e. The lowest BCUT2D eigenvalue weighted by Crippen LogP contribution is -2.29. The zero-order chi connectivity index (χ0) is 11.4. The van der Waals surface area contributed by atoms with E-state index in [1.807, 2.05) is 12.1 Å². The van der Waals surface area contributed by atoms with E-state index in [-0.39, 0.29) is 0 Å². The van der Waals surface area contributed by atoms with Gasteiger partial charge in [-0.25, -0.2) is 0 Å². The maximum absolute atomic E-state index is 8.68. The summed E-state index contributed by atoms with van der Waals surface area (Å²) < 4.78 is 0. The molecule has 16 heavy (non-hydrogen) atoms. The second kappa shape index (κ2) is 5.01. The molecule has 1 fully saturated rings. The molecular weight excluding hydrogens is 200 g/mol. The zero-order valence-electron chi connectivity index (χ0n) is 9.69. The fourth-order valence-corrected chi connectivity index (χ4v) is 2.12. The van der Waals surface area contributed by atoms with Crippen molar-refractivity contribution < 1.29 is 5.21 Å². The molecule has 2 rings (SSSR count). The molecule has 0 saturated carbocycles. The minimum atomic E-state index is 0.658. The third-order valence-electron chi connectivity index (χ3n) is 3.16. The van der Waals surface area contributed by atoms with Crippen molar-refractivity contribution in [2.24, 2.45) is 5.16 Å². The molecule has 0 amide bonds. The average molecular weight is 218 g/mol. The summed E-state index contributed by atoms with van der Waals surface area (Å²) in [4.78, 5) is 2.42. The summed E-state index contributed by atoms with van der Waals surface area (Å²) >= 11 is 0. The van der Waals surface area contributed by atoms with E-state index in [1.54, 1.807) is 6.92 Å². The number of piperidine rings is 1. The van der Waals surface area contributed by atoms with E-state index in [9.17, 15) is 0 Å². The second-order valence-corrected chi connectivity index (χ2v) is 4.28. The van der Waals surface area contributed by atoms with Crippen molar-refractivity contribution in [3.8, 4) is 0 Å². The number of hydrogen-bond acceptors (Lipinski definition) is 3. The van der Waals surface area contributed by atoms with Crippen molar-refractivity contribution in [3.63, 3.8) is 0 Å². The summed E-state index contributed by atoms with van der Waals surface area (Å²) in [6, 6.07) is 8.24. The molecule has 3 heteroatoms. The van der Waals surface area contributed by atoms with E-state index in [1.165, 1.54) is 24.9 Å². The maximum atomic E-state index is 8.68. The molecule has 1 aliphatic heterocycles. The number of nitrogens with zero attached hydrogens (tertiary/aromatic N) is 2. The minimum Gasteiger partial charge on any atom is -0.411 e. The Morgan fingerprint density at radius 1 is 1.12 bits per heavy atom. The lowest BCUT2D eigenvalue weighted by Gasteiger charge is -2.28. The molecule has 1 saturated heterocycles. The third-order valence-corrected chi connectivity index (χ3v) is 3.16. The van der Waals surface area contributed by atoms with Crippen LogP contribution >= 0.6 is 0 Å². The predicted octanol–water partition coefficient (Wildman–Crippen LogP) is 2.88. The Labute approximate surface area is 96.4 Å². The Balaban J connectivity index is 2.12. The number of rotatable bonds is 2. The van der Waals surface area contributed by atoms with Crippen molar-refractivity contribution in [1.29, 1.82) is 0 Å². The van der Waals surface area contributed by atoms with Gasteiger partial charge in [-0.05, 0) is 43.9 Å². The van der Waals surface area contributed by atoms with Gasteiger partial charge in [0.15, 0.2) is 0 Å². The van der Waals surface area contributed by atoms with Crippen LogP contribution in [-0.2, 0) is 0 Å². The highest BCUT2D eigenvalue weighted by Crippen LogP contribution is 2.20. The first kappa shape index (κ1) is 11.0. The van der Waals surface area contributed by atoms with E-state index in [0.717, 1.165) is 18.7 Å². The molecule has 0 atom stereocenters. The molecule has 0 aromatic heterocycles. The standard InChI is InChI=1S/C13H18N2O/c1-11(14-16)12-5-7-13(8-6-12)15-9-3-2-4-10-15/h5-8,16H,2-4,9-10H2,1H3. The van der Waals surface area contributed by atoms with Gasteiger partial charge in [0.1, 0.15) is 0 Å². The van der Waals surface area contributed by atoms with Crippen LogP contribution < -0.4 is 4.90 Å². The molecule has 0 unspecified atom stereocenters. The Bertz CT molecular complexity index is 364. The summed E-state index contributed by atoms with van der Waals surface area (Å²) in [6.07, 6.45) is 3.93. The fraction of sp³-hybridized carbons (Fsp3) is 0.462. The molecule has 0 radical (unpaired) electrons. The van der Waals surface area contributed by atoms with Crippen LogP contribution in [0.3, 0.4) is 0 Å². The molecular formula is C13H18N2O. The first-order chi connectivity index (χ1) is 7.81. The van der Waals surface area contributed by atoms with Crippen molar-refractivity contribution in [1.82, 2.24) is 0 Å². The van der Waals surface area contributed by atoms with E-state index in [4.69, 9.17) is 5.21 Å². The van der Waals surface area contributed by atoms with E-state index in [0.29, 0.717) is 5.71 Å². The van der Waals surface area contributed by atoms with Crippen LogP contribution in [0.4, 0.5) is 5.69 Å². The van der Waals surface area contributed by atoms with Crippen LogP contribution in [0, 0.1) is 0 Å². The minimum absolute atomic E-state index is 0.658. The first-order valence-electron chi connectivity index (χ1n) is 5.85. The van der Waals surface area contributed by atoms with Gasteiger partial charge in [-0.15, -0.1) is 0 Å². The van der Waals surface area contributed by atoms with Crippen molar-refractivity contribution in [3.05, 3.63) is 29.8 Å². The Kier molecular flexibility index (Phi) is 3.44. The van der Waals surface area contributed by atoms with Crippen LogP contribution in [0.15, 0.2) is 29.4 Å². The molecule has 0 aliphatic carbocycles. The van der Waals surface area contributed by atoms with Gasteiger partial charge < -0.3 is 10.1 Å². The Morgan fingerprint density at radius 2 is 1.75 bits per heavy atom. The lowest BCUT2D eigenvalue weighted by molar-refractivity contribution is 0.319. The van der Waals surface area contributed by atoms with Crippen LogP contribution in [0.1, 0.15) is 31.7 Å². The normalized spacial score (nSPS) is 17.6. The van der Waals surface area contributed by atoms with Gasteiger partial charge in [0, 0.05) is 18.8 Å². The van der Waals surface area contributed by atoms with Crippen molar-refractivity contribution >= 4 is 11.4 Å². The van der Waals surface area contributed by atoms with Crippen LogP contribution in [0.25, 0.3) is 0 Å². The van der Waals surface area contributed by atoms with E-state index < -0.39 is 0 Å². The number of benzene rings is 1. The quantitative estimate of drug-likeness (QED) is 0.470. The van der Waals surface area contributed by atoms with Gasteiger partial charge in [0.2, 0.25) is 0 Å².